The van der Waals surface area contributed by atoms with E-state index in [4.69, 9.17) is 5.11 Å². The molecule has 4 nitrogen and oxygen atoms in total. The summed E-state index contributed by atoms with van der Waals surface area (Å²) in [7, 11) is 0. The van der Waals surface area contributed by atoms with Crippen LogP contribution >= 0.6 is 11.8 Å². The number of thioether (sulfide) groups is 1. The van der Waals surface area contributed by atoms with Crippen molar-refractivity contribution in [1.29, 1.82) is 0 Å². The van der Waals surface area contributed by atoms with Crippen molar-refractivity contribution < 1.29 is 14.7 Å². The van der Waals surface area contributed by atoms with Crippen molar-refractivity contribution in [2.75, 3.05) is 18.1 Å². The number of carboxylic acids is 1. The molecular weight excluding hydrogens is 202 g/mol. The van der Waals surface area contributed by atoms with Crippen molar-refractivity contribution in [1.82, 2.24) is 5.32 Å². The molecule has 0 atom stereocenters. The van der Waals surface area contributed by atoms with Gasteiger partial charge in [0.1, 0.15) is 0 Å². The summed E-state index contributed by atoms with van der Waals surface area (Å²) >= 11 is 1.13. The van der Waals surface area contributed by atoms with Crippen LogP contribution < -0.4 is 5.32 Å². The highest BCUT2D eigenvalue weighted by Crippen LogP contribution is 2.31. The minimum Gasteiger partial charge on any atom is -0.481 e. The Kier molecular flexibility index (Phi) is 4.79. The second-order valence-corrected chi connectivity index (χ2v) is 4.45. The van der Waals surface area contributed by atoms with E-state index in [1.807, 2.05) is 0 Å². The van der Waals surface area contributed by atoms with Gasteiger partial charge in [0.25, 0.3) is 0 Å². The van der Waals surface area contributed by atoms with Gasteiger partial charge in [-0.25, -0.2) is 0 Å². The molecule has 0 bridgehead atoms. The van der Waals surface area contributed by atoms with Crippen molar-refractivity contribution in [3.8, 4) is 0 Å². The van der Waals surface area contributed by atoms with Crippen LogP contribution in [0, 0.1) is 5.92 Å². The Morgan fingerprint density at radius 2 is 2.07 bits per heavy atom. The van der Waals surface area contributed by atoms with Crippen LogP contribution in [0.1, 0.15) is 19.3 Å². The zero-order valence-corrected chi connectivity index (χ0v) is 8.81. The monoisotopic (exact) mass is 217 g/mol. The molecule has 1 amide bonds. The third-order valence-corrected chi connectivity index (χ3v) is 2.95. The number of hydrogen-bond acceptors (Lipinski definition) is 3. The largest absolute Gasteiger partial charge is 0.481 e. The summed E-state index contributed by atoms with van der Waals surface area (Å²) in [5.41, 5.74) is 0. The Bertz CT molecular complexity index is 216. The smallest absolute Gasteiger partial charge is 0.313 e. The zero-order valence-electron chi connectivity index (χ0n) is 7.99. The fourth-order valence-corrected chi connectivity index (χ4v) is 1.67. The molecule has 1 aliphatic carbocycles. The summed E-state index contributed by atoms with van der Waals surface area (Å²) in [5, 5.41) is 11.1. The number of nitrogens with one attached hydrogen (secondary N) is 1. The molecule has 1 saturated carbocycles. The van der Waals surface area contributed by atoms with E-state index >= 15 is 0 Å². The molecule has 0 radical (unpaired) electrons. The number of amides is 1. The first kappa shape index (κ1) is 11.4. The van der Waals surface area contributed by atoms with Crippen molar-refractivity contribution >= 4 is 23.6 Å². The Hall–Kier alpha value is -0.710. The summed E-state index contributed by atoms with van der Waals surface area (Å²) in [4.78, 5) is 21.2. The fourth-order valence-electron chi connectivity index (χ4n) is 1.10. The van der Waals surface area contributed by atoms with Crippen LogP contribution in [0.3, 0.4) is 0 Å². The Morgan fingerprint density at radius 3 is 2.64 bits per heavy atom. The normalized spacial score (nSPS) is 15.1. The van der Waals surface area contributed by atoms with Gasteiger partial charge in [0.05, 0.1) is 11.5 Å². The maximum Gasteiger partial charge on any atom is 0.313 e. The van der Waals surface area contributed by atoms with Crippen LogP contribution in [-0.2, 0) is 9.59 Å². The van der Waals surface area contributed by atoms with Gasteiger partial charge in [0.2, 0.25) is 5.91 Å². The first-order valence-corrected chi connectivity index (χ1v) is 5.90. The molecule has 0 saturated heterocycles. The maximum absolute atomic E-state index is 11.1. The molecule has 1 aliphatic rings. The molecule has 80 valence electrons. The summed E-state index contributed by atoms with van der Waals surface area (Å²) < 4.78 is 0. The summed E-state index contributed by atoms with van der Waals surface area (Å²) in [6.07, 6.45) is 3.66. The molecule has 14 heavy (non-hydrogen) atoms. The average Bonchev–Trinajstić information content (AvgIpc) is 2.87. The third kappa shape index (κ3) is 5.85. The highest BCUT2D eigenvalue weighted by Gasteiger charge is 2.20. The number of carbonyl (C=O) groups excluding carboxylic acids is 1. The van der Waals surface area contributed by atoms with Gasteiger partial charge in [-0.2, -0.15) is 0 Å². The highest BCUT2D eigenvalue weighted by atomic mass is 32.2. The molecule has 0 unspecified atom stereocenters. The lowest BCUT2D eigenvalue weighted by Gasteiger charge is -2.02. The third-order valence-electron chi connectivity index (χ3n) is 2.03. The number of carbonyl (C=O) groups is 2. The lowest BCUT2D eigenvalue weighted by Crippen LogP contribution is -2.26. The van der Waals surface area contributed by atoms with Crippen molar-refractivity contribution in [3.05, 3.63) is 0 Å². The molecule has 0 aromatic rings. The first-order valence-electron chi connectivity index (χ1n) is 4.74. The minimum atomic E-state index is -0.874. The molecule has 2 N–H and O–H groups in total. The Balaban J connectivity index is 1.89. The van der Waals surface area contributed by atoms with Crippen LogP contribution in [-0.4, -0.2) is 35.0 Å². The van der Waals surface area contributed by atoms with Gasteiger partial charge in [-0.05, 0) is 12.3 Å². The minimum absolute atomic E-state index is 0.00392. The summed E-state index contributed by atoms with van der Waals surface area (Å²) in [6, 6.07) is 0. The number of rotatable bonds is 7. The zero-order chi connectivity index (χ0) is 10.4. The second-order valence-electron chi connectivity index (χ2n) is 3.47. The van der Waals surface area contributed by atoms with Crippen LogP contribution in [0.5, 0.6) is 0 Å². The number of hydrogen-bond donors (Lipinski definition) is 2. The number of aliphatic carboxylic acids is 1. The van der Waals surface area contributed by atoms with Crippen molar-refractivity contribution in [2.24, 2.45) is 5.92 Å². The van der Waals surface area contributed by atoms with Gasteiger partial charge < -0.3 is 10.4 Å². The molecule has 0 aromatic carbocycles. The average molecular weight is 217 g/mol. The molecule has 0 spiro atoms. The standard InChI is InChI=1S/C9H15NO3S/c11-8(5-14-6-9(12)13)10-4-3-7-1-2-7/h7H,1-6H2,(H,10,11)(H,12,13). The summed E-state index contributed by atoms with van der Waals surface area (Å²) in [6.45, 7) is 0.733. The predicted molar refractivity (Wildman–Crippen MR) is 55.3 cm³/mol. The van der Waals surface area contributed by atoms with Gasteiger partial charge in [-0.3, -0.25) is 9.59 Å². The number of carboxylic acid groups (broad SMARTS) is 1. The highest BCUT2D eigenvalue weighted by molar-refractivity contribution is 8.00. The lowest BCUT2D eigenvalue weighted by atomic mass is 10.3. The molecular formula is C9H15NO3S. The molecule has 1 rings (SSSR count). The predicted octanol–water partition coefficient (Wildman–Crippen LogP) is 0.720. The Labute approximate surface area is 87.4 Å². The molecule has 5 heteroatoms. The van der Waals surface area contributed by atoms with Crippen LogP contribution in [0.2, 0.25) is 0 Å². The molecule has 0 heterocycles. The SMILES string of the molecule is O=C(O)CSCC(=O)NCCC1CC1. The van der Waals surface area contributed by atoms with E-state index < -0.39 is 5.97 Å². The molecule has 0 aromatic heterocycles. The molecule has 0 aliphatic heterocycles. The van der Waals surface area contributed by atoms with Crippen molar-refractivity contribution in [3.63, 3.8) is 0 Å². The van der Waals surface area contributed by atoms with Gasteiger partial charge in [-0.15, -0.1) is 11.8 Å². The van der Waals surface area contributed by atoms with E-state index in [1.165, 1.54) is 12.8 Å². The van der Waals surface area contributed by atoms with E-state index in [9.17, 15) is 9.59 Å². The van der Waals surface area contributed by atoms with Gasteiger partial charge in [0, 0.05) is 6.54 Å². The van der Waals surface area contributed by atoms with Crippen LogP contribution in [0.25, 0.3) is 0 Å². The lowest BCUT2D eigenvalue weighted by molar-refractivity contribution is -0.133. The summed E-state index contributed by atoms with van der Waals surface area (Å²) in [5.74, 6) is 0.132. The van der Waals surface area contributed by atoms with E-state index in [0.29, 0.717) is 0 Å². The van der Waals surface area contributed by atoms with Gasteiger partial charge >= 0.3 is 5.97 Å². The van der Waals surface area contributed by atoms with Gasteiger partial charge in [0.15, 0.2) is 0 Å². The second kappa shape index (κ2) is 5.90. The fraction of sp³-hybridized carbons (Fsp3) is 0.778. The van der Waals surface area contributed by atoms with Crippen LogP contribution in [0.4, 0.5) is 0 Å². The molecule has 1 fully saturated rings. The quantitative estimate of drug-likeness (QED) is 0.659. The Morgan fingerprint density at radius 1 is 1.36 bits per heavy atom. The maximum atomic E-state index is 11.1. The van der Waals surface area contributed by atoms with Crippen molar-refractivity contribution in [2.45, 2.75) is 19.3 Å². The van der Waals surface area contributed by atoms with E-state index in [2.05, 4.69) is 5.32 Å². The van der Waals surface area contributed by atoms with Crippen LogP contribution in [0.15, 0.2) is 0 Å². The van der Waals surface area contributed by atoms with E-state index in [1.54, 1.807) is 0 Å². The van der Waals surface area contributed by atoms with Gasteiger partial charge in [-0.1, -0.05) is 12.8 Å². The first-order chi connectivity index (χ1) is 6.68. The van der Waals surface area contributed by atoms with E-state index in [-0.39, 0.29) is 17.4 Å². The van der Waals surface area contributed by atoms with E-state index in [0.717, 1.165) is 30.6 Å². The topological polar surface area (TPSA) is 66.4 Å².